The summed E-state index contributed by atoms with van der Waals surface area (Å²) in [7, 11) is 0. The van der Waals surface area contributed by atoms with Gasteiger partial charge < -0.3 is 10.1 Å². The maximum atomic E-state index is 12.4. The Morgan fingerprint density at radius 3 is 2.52 bits per heavy atom. The van der Waals surface area contributed by atoms with Gasteiger partial charge in [-0.2, -0.15) is 10.2 Å². The molecule has 162 valence electrons. The van der Waals surface area contributed by atoms with Crippen LogP contribution in [0, 0.1) is 13.8 Å². The van der Waals surface area contributed by atoms with Gasteiger partial charge in [-0.3, -0.25) is 9.59 Å². The van der Waals surface area contributed by atoms with Gasteiger partial charge in [0.2, 0.25) is 0 Å². The Morgan fingerprint density at radius 1 is 1.06 bits per heavy atom. The lowest BCUT2D eigenvalue weighted by Gasteiger charge is -2.09. The van der Waals surface area contributed by atoms with Gasteiger partial charge in [-0.1, -0.05) is 31.5 Å². The van der Waals surface area contributed by atoms with Gasteiger partial charge in [-0.25, -0.2) is 14.2 Å². The first-order valence-corrected chi connectivity index (χ1v) is 10.1. The molecule has 0 spiro atoms. The van der Waals surface area contributed by atoms with Crippen LogP contribution in [0.4, 0.5) is 5.69 Å². The van der Waals surface area contributed by atoms with E-state index in [2.05, 4.69) is 15.5 Å². The third kappa shape index (κ3) is 5.25. The number of carbonyl (C=O) groups excluding carboxylic acids is 2. The molecule has 0 unspecified atom stereocenters. The minimum Gasteiger partial charge on any atom is -0.451 e. The zero-order valence-corrected chi connectivity index (χ0v) is 17.8. The quantitative estimate of drug-likeness (QED) is 0.558. The molecule has 1 N–H and O–H groups in total. The third-order valence-electron chi connectivity index (χ3n) is 4.69. The molecule has 9 nitrogen and oxygen atoms in total. The highest BCUT2D eigenvalue weighted by molar-refractivity contribution is 5.95. The summed E-state index contributed by atoms with van der Waals surface area (Å²) in [6.45, 7) is 5.56. The van der Waals surface area contributed by atoms with Crippen LogP contribution in [0.1, 0.15) is 41.6 Å². The number of carbonyl (C=O) groups is 2. The van der Waals surface area contributed by atoms with E-state index in [1.165, 1.54) is 16.8 Å². The second-order valence-corrected chi connectivity index (χ2v) is 7.05. The number of aromatic nitrogens is 4. The van der Waals surface area contributed by atoms with E-state index in [-0.39, 0.29) is 11.3 Å². The second kappa shape index (κ2) is 9.84. The smallest absolute Gasteiger partial charge is 0.359 e. The Bertz CT molecular complexity index is 1130. The number of aryl methyl sites for hydroxylation is 2. The fraction of sp³-hybridized carbons (Fsp3) is 0.318. The zero-order chi connectivity index (χ0) is 22.4. The minimum absolute atomic E-state index is 0.0206. The summed E-state index contributed by atoms with van der Waals surface area (Å²) < 4.78 is 8.04. The van der Waals surface area contributed by atoms with Crippen molar-refractivity contribution in [1.29, 1.82) is 0 Å². The highest BCUT2D eigenvalue weighted by atomic mass is 16.5. The predicted octanol–water partition coefficient (Wildman–Crippen LogP) is 2.64. The number of hydrogen-bond acceptors (Lipinski definition) is 6. The van der Waals surface area contributed by atoms with Crippen molar-refractivity contribution in [3.05, 3.63) is 69.9 Å². The summed E-state index contributed by atoms with van der Waals surface area (Å²) in [5, 5.41) is 11.2. The fourth-order valence-electron chi connectivity index (χ4n) is 3.05. The van der Waals surface area contributed by atoms with Crippen molar-refractivity contribution in [2.24, 2.45) is 0 Å². The van der Waals surface area contributed by atoms with E-state index in [0.29, 0.717) is 17.9 Å². The van der Waals surface area contributed by atoms with Crippen molar-refractivity contribution in [2.45, 2.75) is 40.2 Å². The largest absolute Gasteiger partial charge is 0.451 e. The number of benzene rings is 1. The van der Waals surface area contributed by atoms with Crippen LogP contribution in [0.3, 0.4) is 0 Å². The first-order valence-electron chi connectivity index (χ1n) is 10.1. The summed E-state index contributed by atoms with van der Waals surface area (Å²) in [5.74, 6) is -1.26. The average molecular weight is 423 g/mol. The van der Waals surface area contributed by atoms with Crippen LogP contribution >= 0.6 is 0 Å². The Labute approximate surface area is 179 Å². The van der Waals surface area contributed by atoms with E-state index in [0.717, 1.165) is 24.2 Å². The monoisotopic (exact) mass is 423 g/mol. The van der Waals surface area contributed by atoms with Gasteiger partial charge in [0.1, 0.15) is 0 Å². The molecule has 0 aliphatic carbocycles. The van der Waals surface area contributed by atoms with Gasteiger partial charge >= 0.3 is 5.97 Å². The molecule has 0 saturated heterocycles. The SMILES string of the molecule is CCCCn1nc(C(=O)OCC(=O)Nc2c(C)nn(-c3ccccc3)c2C)ccc1=O. The molecule has 2 heterocycles. The van der Waals surface area contributed by atoms with E-state index >= 15 is 0 Å². The van der Waals surface area contributed by atoms with Crippen molar-refractivity contribution in [3.63, 3.8) is 0 Å². The molecular formula is C22H25N5O4. The van der Waals surface area contributed by atoms with Crippen LogP contribution in [-0.2, 0) is 16.1 Å². The van der Waals surface area contributed by atoms with Crippen molar-refractivity contribution in [3.8, 4) is 5.69 Å². The van der Waals surface area contributed by atoms with Gasteiger partial charge in [0.05, 0.1) is 22.8 Å². The summed E-state index contributed by atoms with van der Waals surface area (Å²) >= 11 is 0. The van der Waals surface area contributed by atoms with E-state index in [1.54, 1.807) is 11.6 Å². The molecule has 1 aromatic carbocycles. The van der Waals surface area contributed by atoms with E-state index in [1.807, 2.05) is 44.2 Å². The third-order valence-corrected chi connectivity index (χ3v) is 4.69. The van der Waals surface area contributed by atoms with Gasteiger partial charge in [0.15, 0.2) is 12.3 Å². The maximum Gasteiger partial charge on any atom is 0.359 e. The van der Waals surface area contributed by atoms with Crippen LogP contribution < -0.4 is 10.9 Å². The summed E-state index contributed by atoms with van der Waals surface area (Å²) in [4.78, 5) is 36.4. The van der Waals surface area contributed by atoms with E-state index in [9.17, 15) is 14.4 Å². The van der Waals surface area contributed by atoms with Crippen molar-refractivity contribution in [1.82, 2.24) is 19.6 Å². The molecule has 9 heteroatoms. The van der Waals surface area contributed by atoms with Crippen LogP contribution in [0.25, 0.3) is 5.69 Å². The average Bonchev–Trinajstić information content (AvgIpc) is 3.05. The Hall–Kier alpha value is -3.75. The molecule has 3 rings (SSSR count). The number of hydrogen-bond donors (Lipinski definition) is 1. The molecule has 2 aromatic heterocycles. The standard InChI is InChI=1S/C22H25N5O4/c1-4-5-13-26-20(29)12-11-18(25-26)22(30)31-14-19(28)23-21-15(2)24-27(16(21)3)17-9-7-6-8-10-17/h6-12H,4-5,13-14H2,1-3H3,(H,23,28). The maximum absolute atomic E-state index is 12.4. The molecule has 0 bridgehead atoms. The fourth-order valence-corrected chi connectivity index (χ4v) is 3.05. The molecule has 31 heavy (non-hydrogen) atoms. The number of rotatable bonds is 8. The lowest BCUT2D eigenvalue weighted by Crippen LogP contribution is -2.26. The first-order chi connectivity index (χ1) is 14.9. The molecular weight excluding hydrogens is 398 g/mol. The van der Waals surface area contributed by atoms with Crippen molar-refractivity contribution in [2.75, 3.05) is 11.9 Å². The van der Waals surface area contributed by atoms with Gasteiger partial charge in [0.25, 0.3) is 11.5 Å². The van der Waals surface area contributed by atoms with Crippen LogP contribution in [0.15, 0.2) is 47.3 Å². The minimum atomic E-state index is -0.770. The number of amides is 1. The van der Waals surface area contributed by atoms with E-state index < -0.39 is 18.5 Å². The number of ether oxygens (including phenoxy) is 1. The van der Waals surface area contributed by atoms with Gasteiger partial charge in [-0.15, -0.1) is 0 Å². The molecule has 0 atom stereocenters. The van der Waals surface area contributed by atoms with Crippen molar-refractivity contribution >= 4 is 17.6 Å². The van der Waals surface area contributed by atoms with Crippen LogP contribution in [0.2, 0.25) is 0 Å². The number of nitrogens with zero attached hydrogens (tertiary/aromatic N) is 4. The predicted molar refractivity (Wildman–Crippen MR) is 115 cm³/mol. The Kier molecular flexibility index (Phi) is 6.96. The molecule has 0 fully saturated rings. The van der Waals surface area contributed by atoms with Crippen LogP contribution in [-0.4, -0.2) is 38.0 Å². The van der Waals surface area contributed by atoms with Gasteiger partial charge in [-0.05, 0) is 38.5 Å². The summed E-state index contributed by atoms with van der Waals surface area (Å²) in [5.41, 5.74) is 2.53. The molecule has 0 radical (unpaired) electrons. The molecule has 0 aliphatic heterocycles. The lowest BCUT2D eigenvalue weighted by molar-refractivity contribution is -0.119. The Balaban J connectivity index is 1.64. The second-order valence-electron chi connectivity index (χ2n) is 7.05. The number of esters is 1. The number of nitrogens with one attached hydrogen (secondary N) is 1. The number of unbranched alkanes of at least 4 members (excludes halogenated alkanes) is 1. The molecule has 1 amide bonds. The first kappa shape index (κ1) is 21.9. The highest BCUT2D eigenvalue weighted by Crippen LogP contribution is 2.22. The van der Waals surface area contributed by atoms with Crippen LogP contribution in [0.5, 0.6) is 0 Å². The zero-order valence-electron chi connectivity index (χ0n) is 17.8. The van der Waals surface area contributed by atoms with Crippen molar-refractivity contribution < 1.29 is 14.3 Å². The van der Waals surface area contributed by atoms with Gasteiger partial charge in [0, 0.05) is 12.6 Å². The topological polar surface area (TPSA) is 108 Å². The summed E-state index contributed by atoms with van der Waals surface area (Å²) in [6, 6.07) is 12.1. The number of para-hydroxylation sites is 1. The lowest BCUT2D eigenvalue weighted by atomic mass is 10.3. The summed E-state index contributed by atoms with van der Waals surface area (Å²) in [6.07, 6.45) is 1.66. The Morgan fingerprint density at radius 2 is 1.81 bits per heavy atom. The molecule has 3 aromatic rings. The molecule has 0 saturated carbocycles. The van der Waals surface area contributed by atoms with E-state index in [4.69, 9.17) is 4.74 Å². The highest BCUT2D eigenvalue weighted by Gasteiger charge is 2.17. The normalized spacial score (nSPS) is 10.7. The molecule has 0 aliphatic rings. The number of anilines is 1.